The van der Waals surface area contributed by atoms with E-state index in [0.717, 1.165) is 21.7 Å². The molecule has 9 heteroatoms. The van der Waals surface area contributed by atoms with Crippen LogP contribution in [0.3, 0.4) is 0 Å². The fourth-order valence-electron chi connectivity index (χ4n) is 3.12. The number of aryl methyl sites for hydroxylation is 1. The fraction of sp³-hybridized carbons (Fsp3) is 0.182. The van der Waals surface area contributed by atoms with Crippen LogP contribution in [0.1, 0.15) is 5.56 Å². The Kier molecular flexibility index (Phi) is 5.65. The van der Waals surface area contributed by atoms with E-state index in [4.69, 9.17) is 14.2 Å². The summed E-state index contributed by atoms with van der Waals surface area (Å²) in [6.07, 6.45) is 0. The number of rotatable bonds is 7. The molecule has 0 atom stereocenters. The van der Waals surface area contributed by atoms with Crippen LogP contribution in [0.25, 0.3) is 16.9 Å². The maximum atomic E-state index is 12.3. The molecule has 0 spiro atoms. The van der Waals surface area contributed by atoms with Crippen molar-refractivity contribution in [3.05, 3.63) is 76.7 Å². The van der Waals surface area contributed by atoms with Crippen molar-refractivity contribution >= 4 is 0 Å². The van der Waals surface area contributed by atoms with Gasteiger partial charge < -0.3 is 14.2 Å². The van der Waals surface area contributed by atoms with Crippen molar-refractivity contribution in [1.82, 2.24) is 24.8 Å². The number of nitrogens with zero attached hydrogens (tertiary/aromatic N) is 5. The van der Waals surface area contributed by atoms with Crippen LogP contribution in [0.15, 0.2) is 65.5 Å². The number of benzene rings is 2. The zero-order valence-electron chi connectivity index (χ0n) is 17.3. The molecule has 0 aliphatic carbocycles. The van der Waals surface area contributed by atoms with Crippen LogP contribution in [0, 0.1) is 0 Å². The molecule has 0 unspecified atom stereocenters. The molecular formula is C22H21N5O4. The number of methoxy groups -OCH3 is 2. The SMILES string of the molecule is COc1ccc(-c2cccc(OCc3c(OC)cccc3-n3nnn(C)c3=O)n2)cc1. The molecule has 0 radical (unpaired) electrons. The first-order valence-corrected chi connectivity index (χ1v) is 9.50. The van der Waals surface area contributed by atoms with Crippen molar-refractivity contribution in [2.24, 2.45) is 7.05 Å². The monoisotopic (exact) mass is 419 g/mol. The lowest BCUT2D eigenvalue weighted by Crippen LogP contribution is -2.23. The number of hydrogen-bond acceptors (Lipinski definition) is 7. The molecule has 9 nitrogen and oxygen atoms in total. The van der Waals surface area contributed by atoms with Gasteiger partial charge in [0.2, 0.25) is 5.88 Å². The van der Waals surface area contributed by atoms with E-state index < -0.39 is 0 Å². The second-order valence-electron chi connectivity index (χ2n) is 6.63. The van der Waals surface area contributed by atoms with Crippen molar-refractivity contribution < 1.29 is 14.2 Å². The lowest BCUT2D eigenvalue weighted by Gasteiger charge is -2.14. The van der Waals surface area contributed by atoms with E-state index in [0.29, 0.717) is 22.9 Å². The van der Waals surface area contributed by atoms with Crippen molar-refractivity contribution in [3.63, 3.8) is 0 Å². The zero-order valence-corrected chi connectivity index (χ0v) is 17.3. The molecule has 4 rings (SSSR count). The molecule has 0 aliphatic rings. The van der Waals surface area contributed by atoms with Crippen LogP contribution >= 0.6 is 0 Å². The van der Waals surface area contributed by atoms with Crippen LogP contribution in [0.4, 0.5) is 0 Å². The summed E-state index contributed by atoms with van der Waals surface area (Å²) in [6, 6.07) is 18.5. The Morgan fingerprint density at radius 1 is 0.903 bits per heavy atom. The second kappa shape index (κ2) is 8.70. The lowest BCUT2D eigenvalue weighted by atomic mass is 10.1. The summed E-state index contributed by atoms with van der Waals surface area (Å²) in [4.78, 5) is 16.9. The van der Waals surface area contributed by atoms with E-state index in [2.05, 4.69) is 15.4 Å². The van der Waals surface area contributed by atoms with Gasteiger partial charge in [0.1, 0.15) is 18.1 Å². The van der Waals surface area contributed by atoms with Crippen molar-refractivity contribution in [2.45, 2.75) is 6.61 Å². The smallest absolute Gasteiger partial charge is 0.368 e. The van der Waals surface area contributed by atoms with Gasteiger partial charge in [-0.15, -0.1) is 0 Å². The highest BCUT2D eigenvalue weighted by molar-refractivity contribution is 5.60. The van der Waals surface area contributed by atoms with E-state index >= 15 is 0 Å². The van der Waals surface area contributed by atoms with Gasteiger partial charge >= 0.3 is 5.69 Å². The quantitative estimate of drug-likeness (QED) is 0.455. The van der Waals surface area contributed by atoms with Crippen LogP contribution in [-0.4, -0.2) is 39.0 Å². The van der Waals surface area contributed by atoms with Gasteiger partial charge in [-0.1, -0.05) is 12.1 Å². The first-order chi connectivity index (χ1) is 15.1. The van der Waals surface area contributed by atoms with E-state index in [1.807, 2.05) is 36.4 Å². The number of aromatic nitrogens is 5. The number of hydrogen-bond donors (Lipinski definition) is 0. The summed E-state index contributed by atoms with van der Waals surface area (Å²) in [6.45, 7) is 0.126. The summed E-state index contributed by atoms with van der Waals surface area (Å²) in [5, 5.41) is 7.70. The van der Waals surface area contributed by atoms with Gasteiger partial charge in [-0.25, -0.2) is 9.78 Å². The summed E-state index contributed by atoms with van der Waals surface area (Å²) >= 11 is 0. The van der Waals surface area contributed by atoms with Gasteiger partial charge in [0.15, 0.2) is 0 Å². The molecule has 2 heterocycles. The molecular weight excluding hydrogens is 398 g/mol. The van der Waals surface area contributed by atoms with Gasteiger partial charge in [-0.2, -0.15) is 9.36 Å². The van der Waals surface area contributed by atoms with Crippen molar-refractivity contribution in [1.29, 1.82) is 0 Å². The van der Waals surface area contributed by atoms with Crippen LogP contribution in [0.5, 0.6) is 17.4 Å². The normalized spacial score (nSPS) is 10.7. The number of pyridine rings is 1. The molecule has 4 aromatic rings. The summed E-state index contributed by atoms with van der Waals surface area (Å²) in [7, 11) is 4.73. The predicted molar refractivity (Wildman–Crippen MR) is 114 cm³/mol. The summed E-state index contributed by atoms with van der Waals surface area (Å²) < 4.78 is 19.0. The molecule has 2 aromatic carbocycles. The zero-order chi connectivity index (χ0) is 21.8. The Hall–Kier alpha value is -4.14. The van der Waals surface area contributed by atoms with Gasteiger partial charge in [0.05, 0.1) is 31.2 Å². The van der Waals surface area contributed by atoms with E-state index in [9.17, 15) is 4.79 Å². The Labute approximate surface area is 178 Å². The maximum Gasteiger partial charge on any atom is 0.368 e. The molecule has 0 aliphatic heterocycles. The highest BCUT2D eigenvalue weighted by atomic mass is 16.5. The van der Waals surface area contributed by atoms with Crippen LogP contribution in [-0.2, 0) is 13.7 Å². The predicted octanol–water partition coefficient (Wildman–Crippen LogP) is 2.62. The van der Waals surface area contributed by atoms with E-state index in [1.165, 1.54) is 11.7 Å². The highest BCUT2D eigenvalue weighted by Gasteiger charge is 2.16. The minimum Gasteiger partial charge on any atom is -0.497 e. The van der Waals surface area contributed by atoms with Gasteiger partial charge in [-0.3, -0.25) is 0 Å². The van der Waals surface area contributed by atoms with Crippen molar-refractivity contribution in [2.75, 3.05) is 14.2 Å². The fourth-order valence-corrected chi connectivity index (χ4v) is 3.12. The first kappa shape index (κ1) is 20.1. The largest absolute Gasteiger partial charge is 0.497 e. The third-order valence-electron chi connectivity index (χ3n) is 4.75. The molecule has 158 valence electrons. The average molecular weight is 419 g/mol. The van der Waals surface area contributed by atoms with Gasteiger partial charge in [-0.05, 0) is 52.9 Å². The standard InChI is InChI=1S/C22H21N5O4/c1-26-22(28)27(25-24-26)19-7-5-8-20(30-3)17(19)14-31-21-9-4-6-18(23-21)15-10-12-16(29-2)13-11-15/h4-13H,14H2,1-3H3. The minimum absolute atomic E-state index is 0.126. The van der Waals surface area contributed by atoms with Crippen molar-refractivity contribution in [3.8, 4) is 34.3 Å². The lowest BCUT2D eigenvalue weighted by molar-refractivity contribution is 0.285. The molecule has 0 N–H and O–H groups in total. The third kappa shape index (κ3) is 4.11. The Morgan fingerprint density at radius 2 is 1.68 bits per heavy atom. The van der Waals surface area contributed by atoms with Crippen LogP contribution in [0.2, 0.25) is 0 Å². The molecule has 2 aromatic heterocycles. The molecule has 0 saturated carbocycles. The van der Waals surface area contributed by atoms with E-state index in [-0.39, 0.29) is 12.3 Å². The molecule has 0 fully saturated rings. The van der Waals surface area contributed by atoms with Crippen LogP contribution < -0.4 is 19.9 Å². The van der Waals surface area contributed by atoms with E-state index in [1.54, 1.807) is 38.5 Å². The Bertz CT molecular complexity index is 1250. The average Bonchev–Trinajstić information content (AvgIpc) is 3.15. The topological polar surface area (TPSA) is 93.3 Å². The number of ether oxygens (including phenoxy) is 3. The molecule has 0 saturated heterocycles. The maximum absolute atomic E-state index is 12.3. The van der Waals surface area contributed by atoms with Gasteiger partial charge in [0, 0.05) is 18.7 Å². The Balaban J connectivity index is 1.62. The highest BCUT2D eigenvalue weighted by Crippen LogP contribution is 2.27. The number of tetrazole rings is 1. The first-order valence-electron chi connectivity index (χ1n) is 9.50. The third-order valence-corrected chi connectivity index (χ3v) is 4.75. The van der Waals surface area contributed by atoms with Gasteiger partial charge in [0.25, 0.3) is 0 Å². The molecule has 0 amide bonds. The molecule has 0 bridgehead atoms. The molecule has 31 heavy (non-hydrogen) atoms. The summed E-state index contributed by atoms with van der Waals surface area (Å²) in [5.41, 5.74) is 2.53. The second-order valence-corrected chi connectivity index (χ2v) is 6.63. The minimum atomic E-state index is -0.367. The summed E-state index contributed by atoms with van der Waals surface area (Å²) in [5.74, 6) is 1.79. The Morgan fingerprint density at radius 3 is 2.35 bits per heavy atom.